The Kier molecular flexibility index (Phi) is 5.27. The van der Waals surface area contributed by atoms with E-state index in [1.54, 1.807) is 13.0 Å². The first-order chi connectivity index (χ1) is 9.26. The first-order valence-corrected chi connectivity index (χ1v) is 5.89. The number of hydrogen-bond donors (Lipinski definition) is 1. The van der Waals surface area contributed by atoms with E-state index >= 15 is 0 Å². The quantitative estimate of drug-likeness (QED) is 0.686. The molecule has 1 aromatic rings. The van der Waals surface area contributed by atoms with Crippen LogP contribution in [-0.4, -0.2) is 18.9 Å². The fourth-order valence-corrected chi connectivity index (χ4v) is 1.70. The third-order valence-corrected chi connectivity index (χ3v) is 2.54. The number of halogens is 3. The molecule has 20 heavy (non-hydrogen) atoms. The Hall–Kier alpha value is -1.88. The fraction of sp³-hybridized carbons (Fsp3) is 0.333. The Labute approximate surface area is 118 Å². The van der Waals surface area contributed by atoms with Crippen molar-refractivity contribution in [2.24, 2.45) is 0 Å². The highest BCUT2D eigenvalue weighted by molar-refractivity contribution is 7.80. The molecular formula is C12H10F3NO3S. The summed E-state index contributed by atoms with van der Waals surface area (Å²) in [5.41, 5.74) is -0.134. The van der Waals surface area contributed by atoms with Gasteiger partial charge in [-0.05, 0) is 19.1 Å². The highest BCUT2D eigenvalue weighted by atomic mass is 32.1. The number of alkyl halides is 3. The molecule has 108 valence electrons. The maximum Gasteiger partial charge on any atom is 0.573 e. The summed E-state index contributed by atoms with van der Waals surface area (Å²) in [6.07, 6.45) is -5.33. The van der Waals surface area contributed by atoms with Crippen LogP contribution in [0.5, 0.6) is 5.75 Å². The van der Waals surface area contributed by atoms with Crippen LogP contribution < -0.4 is 4.74 Å². The molecule has 8 heteroatoms. The maximum atomic E-state index is 12.3. The number of thiol groups is 1. The molecule has 0 saturated carbocycles. The van der Waals surface area contributed by atoms with E-state index in [1.165, 1.54) is 6.07 Å². The summed E-state index contributed by atoms with van der Waals surface area (Å²) in [7, 11) is 0. The lowest BCUT2D eigenvalue weighted by Crippen LogP contribution is -2.19. The minimum atomic E-state index is -4.92. The number of esters is 1. The highest BCUT2D eigenvalue weighted by Gasteiger charge is 2.32. The average Bonchev–Trinajstić information content (AvgIpc) is 2.31. The van der Waals surface area contributed by atoms with Crippen LogP contribution in [-0.2, 0) is 16.0 Å². The van der Waals surface area contributed by atoms with Crippen molar-refractivity contribution in [3.8, 4) is 11.8 Å². The van der Waals surface area contributed by atoms with Crippen molar-refractivity contribution in [2.75, 3.05) is 6.61 Å². The number of carbonyl (C=O) groups excluding carboxylic acids is 1. The van der Waals surface area contributed by atoms with Gasteiger partial charge >= 0.3 is 12.3 Å². The van der Waals surface area contributed by atoms with Crippen molar-refractivity contribution in [3.63, 3.8) is 0 Å². The van der Waals surface area contributed by atoms with Crippen molar-refractivity contribution in [3.05, 3.63) is 23.3 Å². The summed E-state index contributed by atoms with van der Waals surface area (Å²) in [6, 6.07) is 3.76. The molecule has 0 atom stereocenters. The lowest BCUT2D eigenvalue weighted by molar-refractivity contribution is -0.275. The molecular weight excluding hydrogens is 295 g/mol. The zero-order valence-corrected chi connectivity index (χ0v) is 11.2. The van der Waals surface area contributed by atoms with Gasteiger partial charge in [0, 0.05) is 10.5 Å². The first kappa shape index (κ1) is 16.2. The van der Waals surface area contributed by atoms with Crippen molar-refractivity contribution in [1.29, 1.82) is 5.26 Å². The monoisotopic (exact) mass is 305 g/mol. The lowest BCUT2D eigenvalue weighted by atomic mass is 10.1. The molecule has 0 heterocycles. The van der Waals surface area contributed by atoms with Gasteiger partial charge in [0.05, 0.1) is 18.6 Å². The van der Waals surface area contributed by atoms with Crippen molar-refractivity contribution in [1.82, 2.24) is 0 Å². The molecule has 0 saturated heterocycles. The normalized spacial score (nSPS) is 10.8. The fourth-order valence-electron chi connectivity index (χ4n) is 1.43. The second-order valence-electron chi connectivity index (χ2n) is 3.62. The van der Waals surface area contributed by atoms with Crippen LogP contribution in [0.3, 0.4) is 0 Å². The summed E-state index contributed by atoms with van der Waals surface area (Å²) < 4.78 is 45.4. The van der Waals surface area contributed by atoms with Gasteiger partial charge in [-0.3, -0.25) is 4.79 Å². The SMILES string of the molecule is CCOC(=O)Cc1cc(S)c(C#N)cc1OC(F)(F)F. The highest BCUT2D eigenvalue weighted by Crippen LogP contribution is 2.31. The lowest BCUT2D eigenvalue weighted by Gasteiger charge is -2.14. The molecule has 0 radical (unpaired) electrons. The van der Waals surface area contributed by atoms with Gasteiger partial charge in [0.1, 0.15) is 11.8 Å². The summed E-state index contributed by atoms with van der Waals surface area (Å²) in [5.74, 6) is -1.31. The minimum absolute atomic E-state index is 0.0511. The Morgan fingerprint density at radius 3 is 2.60 bits per heavy atom. The zero-order chi connectivity index (χ0) is 15.3. The summed E-state index contributed by atoms with van der Waals surface area (Å²) in [6.45, 7) is 1.69. The van der Waals surface area contributed by atoms with Crippen molar-refractivity contribution >= 4 is 18.6 Å². The first-order valence-electron chi connectivity index (χ1n) is 5.44. The number of ether oxygens (including phenoxy) is 2. The van der Waals surface area contributed by atoms with Gasteiger partial charge in [0.2, 0.25) is 0 Å². The molecule has 4 nitrogen and oxygen atoms in total. The summed E-state index contributed by atoms with van der Waals surface area (Å²) in [4.78, 5) is 11.5. The van der Waals surface area contributed by atoms with E-state index in [1.807, 2.05) is 0 Å². The van der Waals surface area contributed by atoms with E-state index in [0.717, 1.165) is 6.07 Å². The Bertz CT molecular complexity index is 552. The standard InChI is InChI=1S/C12H10F3NO3S/c1-2-18-11(17)5-7-4-10(20)8(6-16)3-9(7)19-12(13,14)15/h3-4,20H,2,5H2,1H3. The smallest absolute Gasteiger partial charge is 0.466 e. The minimum Gasteiger partial charge on any atom is -0.466 e. The van der Waals surface area contributed by atoms with Gasteiger partial charge in [0.25, 0.3) is 0 Å². The number of nitriles is 1. The topological polar surface area (TPSA) is 59.3 Å². The average molecular weight is 305 g/mol. The predicted octanol–water partition coefficient (Wildman–Crippen LogP) is 2.85. The van der Waals surface area contributed by atoms with E-state index in [0.29, 0.717) is 0 Å². The molecule has 0 amide bonds. The molecule has 0 aliphatic heterocycles. The zero-order valence-electron chi connectivity index (χ0n) is 10.3. The van der Waals surface area contributed by atoms with Gasteiger partial charge < -0.3 is 9.47 Å². The van der Waals surface area contributed by atoms with E-state index in [-0.39, 0.29) is 22.6 Å². The van der Waals surface area contributed by atoms with Gasteiger partial charge in [-0.15, -0.1) is 25.8 Å². The van der Waals surface area contributed by atoms with Gasteiger partial charge in [-0.2, -0.15) is 5.26 Å². The molecule has 0 fully saturated rings. The maximum absolute atomic E-state index is 12.3. The van der Waals surface area contributed by atoms with Crippen LogP contribution in [0.15, 0.2) is 17.0 Å². The molecule has 0 spiro atoms. The van der Waals surface area contributed by atoms with Gasteiger partial charge in [0.15, 0.2) is 0 Å². The second kappa shape index (κ2) is 6.52. The third-order valence-electron chi connectivity index (χ3n) is 2.17. The number of rotatable bonds is 4. The van der Waals surface area contributed by atoms with E-state index in [4.69, 9.17) is 5.26 Å². The van der Waals surface area contributed by atoms with Crippen LogP contribution in [0.4, 0.5) is 13.2 Å². The van der Waals surface area contributed by atoms with E-state index in [9.17, 15) is 18.0 Å². The van der Waals surface area contributed by atoms with Crippen molar-refractivity contribution in [2.45, 2.75) is 24.6 Å². The number of carbonyl (C=O) groups is 1. The van der Waals surface area contributed by atoms with Crippen LogP contribution in [0.1, 0.15) is 18.1 Å². The summed E-state index contributed by atoms with van der Waals surface area (Å²) >= 11 is 3.97. The molecule has 0 aliphatic rings. The molecule has 1 aromatic carbocycles. The molecule has 1 rings (SSSR count). The second-order valence-corrected chi connectivity index (χ2v) is 4.10. The van der Waals surface area contributed by atoms with Crippen LogP contribution in [0, 0.1) is 11.3 Å². The molecule has 0 aliphatic carbocycles. The van der Waals surface area contributed by atoms with Gasteiger partial charge in [-0.25, -0.2) is 0 Å². The third kappa shape index (κ3) is 4.66. The van der Waals surface area contributed by atoms with Gasteiger partial charge in [-0.1, -0.05) is 0 Å². The number of nitrogens with zero attached hydrogens (tertiary/aromatic N) is 1. The molecule has 0 N–H and O–H groups in total. The van der Waals surface area contributed by atoms with E-state index < -0.39 is 24.5 Å². The van der Waals surface area contributed by atoms with Crippen LogP contribution >= 0.6 is 12.6 Å². The largest absolute Gasteiger partial charge is 0.573 e. The summed E-state index contributed by atoms with van der Waals surface area (Å²) in [5, 5.41) is 8.77. The van der Waals surface area contributed by atoms with Crippen molar-refractivity contribution < 1.29 is 27.4 Å². The molecule has 0 aromatic heterocycles. The van der Waals surface area contributed by atoms with Crippen LogP contribution in [0.2, 0.25) is 0 Å². The Morgan fingerprint density at radius 2 is 2.10 bits per heavy atom. The van der Waals surface area contributed by atoms with Crippen LogP contribution in [0.25, 0.3) is 0 Å². The number of hydrogen-bond acceptors (Lipinski definition) is 5. The number of benzene rings is 1. The predicted molar refractivity (Wildman–Crippen MR) is 65.4 cm³/mol. The Morgan fingerprint density at radius 1 is 1.45 bits per heavy atom. The Balaban J connectivity index is 3.16. The molecule has 0 bridgehead atoms. The van der Waals surface area contributed by atoms with E-state index in [2.05, 4.69) is 22.1 Å². The molecule has 0 unspecified atom stereocenters.